The Hall–Kier alpha value is -3.23. The average Bonchev–Trinajstić information content (AvgIpc) is 3.20. The van der Waals surface area contributed by atoms with Crippen molar-refractivity contribution in [3.8, 4) is 17.3 Å². The molecule has 31 heavy (non-hydrogen) atoms. The predicted molar refractivity (Wildman–Crippen MR) is 121 cm³/mol. The maximum absolute atomic E-state index is 12.5. The van der Waals surface area contributed by atoms with Gasteiger partial charge in [-0.15, -0.1) is 0 Å². The molecule has 0 amide bonds. The van der Waals surface area contributed by atoms with Gasteiger partial charge in [-0.25, -0.2) is 9.97 Å². The topological polar surface area (TPSA) is 90.1 Å². The largest absolute Gasteiger partial charge is 0.492 e. The van der Waals surface area contributed by atoms with Crippen molar-refractivity contribution in [2.24, 2.45) is 0 Å². The van der Waals surface area contributed by atoms with Crippen LogP contribution in [0.4, 0.5) is 0 Å². The molecule has 1 aliphatic rings. The predicted octanol–water partition coefficient (Wildman–Crippen LogP) is 2.48. The number of aromatic amines is 2. The Balaban J connectivity index is 1.35. The minimum absolute atomic E-state index is 0.268. The van der Waals surface area contributed by atoms with Crippen molar-refractivity contribution in [2.45, 2.75) is 13.0 Å². The fraction of sp³-hybridized carbons (Fsp3) is 0.348. The molecule has 2 N–H and O–H groups in total. The lowest BCUT2D eigenvalue weighted by Crippen LogP contribution is -2.49. The molecular weight excluding hydrogens is 392 g/mol. The van der Waals surface area contributed by atoms with Crippen LogP contribution in [-0.4, -0.2) is 75.6 Å². The molecule has 0 spiro atoms. The van der Waals surface area contributed by atoms with Gasteiger partial charge >= 0.3 is 0 Å². The quantitative estimate of drug-likeness (QED) is 0.518. The summed E-state index contributed by atoms with van der Waals surface area (Å²) in [6, 6.07) is 13.6. The summed E-state index contributed by atoms with van der Waals surface area (Å²) in [5, 5.41) is 0. The summed E-state index contributed by atoms with van der Waals surface area (Å²) >= 11 is 0. The molecule has 0 radical (unpaired) electrons. The molecule has 2 aromatic carbocycles. The normalized spacial score (nSPS) is 16.7. The number of imidazole rings is 1. The van der Waals surface area contributed by atoms with Crippen LogP contribution in [0.15, 0.2) is 47.3 Å². The highest BCUT2D eigenvalue weighted by Crippen LogP contribution is 2.23. The van der Waals surface area contributed by atoms with Crippen LogP contribution >= 0.6 is 0 Å². The van der Waals surface area contributed by atoms with E-state index in [9.17, 15) is 4.79 Å². The van der Waals surface area contributed by atoms with E-state index in [1.165, 1.54) is 0 Å². The molecule has 1 atom stereocenters. The van der Waals surface area contributed by atoms with Crippen molar-refractivity contribution < 1.29 is 4.74 Å². The van der Waals surface area contributed by atoms with Gasteiger partial charge in [-0.3, -0.25) is 9.69 Å². The van der Waals surface area contributed by atoms with Gasteiger partial charge in [0.15, 0.2) is 11.5 Å². The van der Waals surface area contributed by atoms with E-state index >= 15 is 0 Å². The SMILES string of the molecule is CC(COc1ccc2nc(-c3nc4ccccc4[nH]c3=O)[nH]c2c1)N1CCN(C)CC1. The van der Waals surface area contributed by atoms with E-state index in [0.29, 0.717) is 24.0 Å². The zero-order chi connectivity index (χ0) is 21.4. The van der Waals surface area contributed by atoms with Gasteiger partial charge < -0.3 is 19.6 Å². The van der Waals surface area contributed by atoms with Crippen LogP contribution in [0.25, 0.3) is 33.6 Å². The molecule has 2 aromatic heterocycles. The first kappa shape index (κ1) is 19.7. The fourth-order valence-corrected chi connectivity index (χ4v) is 3.97. The molecule has 3 heterocycles. The third-order valence-corrected chi connectivity index (χ3v) is 5.93. The molecule has 1 fully saturated rings. The molecule has 5 rings (SSSR count). The number of fused-ring (bicyclic) bond motifs is 2. The van der Waals surface area contributed by atoms with Gasteiger partial charge in [0.1, 0.15) is 12.4 Å². The lowest BCUT2D eigenvalue weighted by atomic mass is 10.2. The lowest BCUT2D eigenvalue weighted by molar-refractivity contribution is 0.0904. The van der Waals surface area contributed by atoms with Crippen molar-refractivity contribution in [2.75, 3.05) is 39.8 Å². The first-order valence-electron chi connectivity index (χ1n) is 10.6. The number of nitrogens with zero attached hydrogens (tertiary/aromatic N) is 4. The molecule has 0 aliphatic carbocycles. The number of hydrogen-bond acceptors (Lipinski definition) is 6. The van der Waals surface area contributed by atoms with Crippen LogP contribution in [0.3, 0.4) is 0 Å². The van der Waals surface area contributed by atoms with Gasteiger partial charge in [-0.1, -0.05) is 12.1 Å². The van der Waals surface area contributed by atoms with Crippen molar-refractivity contribution in [3.63, 3.8) is 0 Å². The van der Waals surface area contributed by atoms with E-state index < -0.39 is 0 Å². The summed E-state index contributed by atoms with van der Waals surface area (Å²) < 4.78 is 6.07. The molecule has 0 bridgehead atoms. The first-order chi connectivity index (χ1) is 15.1. The van der Waals surface area contributed by atoms with Crippen molar-refractivity contribution in [1.29, 1.82) is 0 Å². The number of rotatable bonds is 5. The van der Waals surface area contributed by atoms with E-state index in [-0.39, 0.29) is 11.3 Å². The van der Waals surface area contributed by atoms with Gasteiger partial charge in [-0.2, -0.15) is 0 Å². The summed E-state index contributed by atoms with van der Waals surface area (Å²) in [4.78, 5) is 32.5. The zero-order valence-corrected chi connectivity index (χ0v) is 17.8. The Morgan fingerprint density at radius 1 is 1.00 bits per heavy atom. The summed E-state index contributed by atoms with van der Waals surface area (Å²) in [5.41, 5.74) is 3.02. The highest BCUT2D eigenvalue weighted by atomic mass is 16.5. The molecule has 0 saturated carbocycles. The number of hydrogen-bond donors (Lipinski definition) is 2. The zero-order valence-electron chi connectivity index (χ0n) is 17.8. The number of aromatic nitrogens is 4. The summed E-state index contributed by atoms with van der Waals surface area (Å²) in [6.07, 6.45) is 0. The van der Waals surface area contributed by atoms with Gasteiger partial charge in [0.2, 0.25) is 0 Å². The Bertz CT molecular complexity index is 1270. The molecule has 8 heteroatoms. The standard InChI is InChI=1S/C23H26N6O2/c1-15(29-11-9-28(2)10-12-29)14-31-16-7-8-19-20(13-16)26-22(25-19)21-23(30)27-18-6-4-3-5-17(18)24-21/h3-8,13,15H,9-12,14H2,1-2H3,(H,25,26)(H,27,30). The summed E-state index contributed by atoms with van der Waals surface area (Å²) in [7, 11) is 2.16. The van der Waals surface area contributed by atoms with Crippen molar-refractivity contribution in [3.05, 3.63) is 52.8 Å². The molecule has 1 unspecified atom stereocenters. The van der Waals surface area contributed by atoms with Crippen molar-refractivity contribution in [1.82, 2.24) is 29.7 Å². The highest BCUT2D eigenvalue weighted by molar-refractivity contribution is 5.81. The monoisotopic (exact) mass is 418 g/mol. The molecular formula is C23H26N6O2. The molecule has 8 nitrogen and oxygen atoms in total. The second kappa shape index (κ2) is 8.13. The van der Waals surface area contributed by atoms with Crippen LogP contribution in [0.5, 0.6) is 5.75 Å². The van der Waals surface area contributed by atoms with Gasteiger partial charge in [0, 0.05) is 38.3 Å². The Kier molecular flexibility index (Phi) is 5.17. The third kappa shape index (κ3) is 4.04. The van der Waals surface area contributed by atoms with E-state index in [4.69, 9.17) is 4.74 Å². The van der Waals surface area contributed by atoms with Crippen LogP contribution in [-0.2, 0) is 0 Å². The van der Waals surface area contributed by atoms with Crippen LogP contribution in [0.1, 0.15) is 6.92 Å². The van der Waals surface area contributed by atoms with Gasteiger partial charge in [0.05, 0.1) is 22.1 Å². The Morgan fingerprint density at radius 3 is 2.61 bits per heavy atom. The van der Waals surface area contributed by atoms with Crippen LogP contribution in [0, 0.1) is 0 Å². The number of H-pyrrole nitrogens is 2. The lowest BCUT2D eigenvalue weighted by Gasteiger charge is -2.36. The minimum Gasteiger partial charge on any atom is -0.492 e. The number of nitrogens with one attached hydrogen (secondary N) is 2. The number of likely N-dealkylation sites (N-methyl/N-ethyl adjacent to an activating group) is 1. The first-order valence-corrected chi connectivity index (χ1v) is 10.6. The van der Waals surface area contributed by atoms with E-state index in [2.05, 4.69) is 43.7 Å². The summed E-state index contributed by atoms with van der Waals surface area (Å²) in [6.45, 7) is 7.15. The van der Waals surface area contributed by atoms with E-state index in [1.54, 1.807) is 0 Å². The second-order valence-corrected chi connectivity index (χ2v) is 8.20. The second-order valence-electron chi connectivity index (χ2n) is 8.20. The molecule has 4 aromatic rings. The number of benzene rings is 2. The maximum atomic E-state index is 12.5. The van der Waals surface area contributed by atoms with Gasteiger partial charge in [0.25, 0.3) is 5.56 Å². The van der Waals surface area contributed by atoms with E-state index in [0.717, 1.165) is 48.5 Å². The smallest absolute Gasteiger partial charge is 0.278 e. The third-order valence-electron chi connectivity index (χ3n) is 5.93. The number of piperazine rings is 1. The average molecular weight is 419 g/mol. The minimum atomic E-state index is -0.268. The van der Waals surface area contributed by atoms with Crippen molar-refractivity contribution >= 4 is 22.1 Å². The maximum Gasteiger partial charge on any atom is 0.278 e. The summed E-state index contributed by atoms with van der Waals surface area (Å²) in [5.74, 6) is 1.23. The van der Waals surface area contributed by atoms with Crippen LogP contribution < -0.4 is 10.3 Å². The Morgan fingerprint density at radius 2 is 1.77 bits per heavy atom. The highest BCUT2D eigenvalue weighted by Gasteiger charge is 2.19. The van der Waals surface area contributed by atoms with Gasteiger partial charge in [-0.05, 0) is 38.2 Å². The number of ether oxygens (including phenoxy) is 1. The molecule has 1 aliphatic heterocycles. The fourth-order valence-electron chi connectivity index (χ4n) is 3.97. The Labute approximate surface area is 179 Å². The van der Waals surface area contributed by atoms with Crippen LogP contribution in [0.2, 0.25) is 0 Å². The van der Waals surface area contributed by atoms with E-state index in [1.807, 2.05) is 42.5 Å². The molecule has 160 valence electrons. The number of para-hydroxylation sites is 2. The molecule has 1 saturated heterocycles.